The Labute approximate surface area is 150 Å². The summed E-state index contributed by atoms with van der Waals surface area (Å²) in [5.74, 6) is 0.855. The fourth-order valence-electron chi connectivity index (χ4n) is 2.74. The molecular formula is C13H20ClN6O2S2+. The number of sulfonamides is 1. The number of tetrazole rings is 1. The van der Waals surface area contributed by atoms with Gasteiger partial charge in [-0.1, -0.05) is 18.5 Å². The van der Waals surface area contributed by atoms with E-state index in [-0.39, 0.29) is 0 Å². The van der Waals surface area contributed by atoms with Gasteiger partial charge in [0.1, 0.15) is 10.8 Å². The minimum Gasteiger partial charge on any atom is -0.326 e. The molecule has 1 N–H and O–H groups in total. The molecule has 132 valence electrons. The van der Waals surface area contributed by atoms with Crippen molar-refractivity contribution in [1.29, 1.82) is 0 Å². The molecule has 8 nitrogen and oxygen atoms in total. The fourth-order valence-corrected chi connectivity index (χ4v) is 5.82. The maximum Gasteiger partial charge on any atom is 0.253 e. The number of thiophene rings is 1. The maximum atomic E-state index is 12.6. The molecule has 0 aliphatic carbocycles. The minimum absolute atomic E-state index is 0.308. The van der Waals surface area contributed by atoms with E-state index in [0.717, 1.165) is 43.2 Å². The first-order chi connectivity index (χ1) is 11.5. The van der Waals surface area contributed by atoms with E-state index in [1.807, 2.05) is 4.68 Å². The number of aromatic nitrogens is 4. The average Bonchev–Trinajstić information content (AvgIpc) is 3.18. The third-order valence-electron chi connectivity index (χ3n) is 4.02. The van der Waals surface area contributed by atoms with Crippen molar-refractivity contribution in [2.45, 2.75) is 30.6 Å². The van der Waals surface area contributed by atoms with Crippen molar-refractivity contribution in [1.82, 2.24) is 24.5 Å². The molecule has 0 unspecified atom stereocenters. The predicted octanol–water partition coefficient (Wildman–Crippen LogP) is -0.113. The summed E-state index contributed by atoms with van der Waals surface area (Å²) in [6.07, 6.45) is 0.975. The molecule has 11 heteroatoms. The second-order valence-electron chi connectivity index (χ2n) is 5.71. The summed E-state index contributed by atoms with van der Waals surface area (Å²) in [5, 5.41) is 11.8. The van der Waals surface area contributed by atoms with Crippen LogP contribution >= 0.6 is 22.9 Å². The molecule has 0 radical (unpaired) electrons. The normalized spacial score (nSPS) is 17.4. The van der Waals surface area contributed by atoms with Gasteiger partial charge in [0.2, 0.25) is 5.82 Å². The van der Waals surface area contributed by atoms with Gasteiger partial charge in [0, 0.05) is 6.54 Å². The number of nitrogens with one attached hydrogen (secondary N) is 1. The molecule has 24 heavy (non-hydrogen) atoms. The van der Waals surface area contributed by atoms with E-state index >= 15 is 0 Å². The molecule has 0 atom stereocenters. The number of hydrogen-bond acceptors (Lipinski definition) is 6. The molecule has 0 saturated carbocycles. The van der Waals surface area contributed by atoms with Gasteiger partial charge in [0.05, 0.1) is 30.5 Å². The Bertz CT molecular complexity index is 782. The Kier molecular flexibility index (Phi) is 5.50. The zero-order valence-corrected chi connectivity index (χ0v) is 15.7. The first-order valence-electron chi connectivity index (χ1n) is 7.85. The summed E-state index contributed by atoms with van der Waals surface area (Å²) >= 11 is 6.96. The molecule has 1 aliphatic rings. The van der Waals surface area contributed by atoms with E-state index in [2.05, 4.69) is 22.4 Å². The molecule has 0 amide bonds. The Morgan fingerprint density at radius 3 is 2.71 bits per heavy atom. The molecule has 0 spiro atoms. The summed E-state index contributed by atoms with van der Waals surface area (Å²) in [6.45, 7) is 6.04. The van der Waals surface area contributed by atoms with E-state index in [1.54, 1.807) is 12.1 Å². The van der Waals surface area contributed by atoms with Crippen LogP contribution in [0.25, 0.3) is 0 Å². The Balaban J connectivity index is 1.60. The largest absolute Gasteiger partial charge is 0.326 e. The molecule has 0 bridgehead atoms. The van der Waals surface area contributed by atoms with Crippen molar-refractivity contribution in [3.63, 3.8) is 0 Å². The number of piperazine rings is 1. The quantitative estimate of drug-likeness (QED) is 0.742. The lowest BCUT2D eigenvalue weighted by atomic mass is 10.3. The maximum absolute atomic E-state index is 12.6. The Morgan fingerprint density at radius 1 is 1.33 bits per heavy atom. The third-order valence-corrected chi connectivity index (χ3v) is 7.62. The van der Waals surface area contributed by atoms with Crippen LogP contribution in [0.5, 0.6) is 0 Å². The summed E-state index contributed by atoms with van der Waals surface area (Å²) in [6, 6.07) is 3.19. The Morgan fingerprint density at radius 2 is 2.08 bits per heavy atom. The lowest BCUT2D eigenvalue weighted by Gasteiger charge is -2.30. The second kappa shape index (κ2) is 7.44. The summed E-state index contributed by atoms with van der Waals surface area (Å²) in [4.78, 5) is 1.29. The van der Waals surface area contributed by atoms with E-state index in [1.165, 1.54) is 9.21 Å². The summed E-state index contributed by atoms with van der Waals surface area (Å²) in [7, 11) is -3.43. The van der Waals surface area contributed by atoms with Gasteiger partial charge >= 0.3 is 0 Å². The highest BCUT2D eigenvalue weighted by atomic mass is 35.5. The number of quaternary nitrogens is 1. The summed E-state index contributed by atoms with van der Waals surface area (Å²) in [5.41, 5.74) is 0. The topological polar surface area (TPSA) is 85.4 Å². The van der Waals surface area contributed by atoms with Crippen molar-refractivity contribution < 1.29 is 13.3 Å². The number of halogens is 1. The lowest BCUT2D eigenvalue weighted by molar-refractivity contribution is -0.918. The molecule has 1 fully saturated rings. The predicted molar refractivity (Wildman–Crippen MR) is 90.6 cm³/mol. The van der Waals surface area contributed by atoms with E-state index in [9.17, 15) is 8.42 Å². The molecule has 1 saturated heterocycles. The van der Waals surface area contributed by atoms with Crippen LogP contribution < -0.4 is 4.90 Å². The SMILES string of the molecule is CCCn1nnnc1C[NH+]1CCN(S(=O)(=O)c2ccc(Cl)s2)CC1. The standard InChI is InChI=1S/C13H19ClN6O2S2/c1-2-5-20-12(15-16-17-20)10-18-6-8-19(9-7-18)24(21,22)13-4-3-11(14)23-13/h3-4H,2,5-10H2,1H3/p+1. The molecule has 2 aromatic heterocycles. The van der Waals surface area contributed by atoms with Gasteiger partial charge in [-0.25, -0.2) is 13.1 Å². The van der Waals surface area contributed by atoms with Crippen LogP contribution in [-0.2, 0) is 23.1 Å². The van der Waals surface area contributed by atoms with Crippen molar-refractivity contribution in [2.24, 2.45) is 0 Å². The van der Waals surface area contributed by atoms with Gasteiger partial charge in [0.15, 0.2) is 0 Å². The molecular weight excluding hydrogens is 372 g/mol. The van der Waals surface area contributed by atoms with Gasteiger partial charge in [-0.05, 0) is 29.0 Å². The molecule has 3 heterocycles. The van der Waals surface area contributed by atoms with Crippen molar-refractivity contribution in [3.8, 4) is 0 Å². The average molecular weight is 392 g/mol. The third kappa shape index (κ3) is 3.77. The van der Waals surface area contributed by atoms with Gasteiger partial charge in [-0.15, -0.1) is 16.4 Å². The van der Waals surface area contributed by atoms with Crippen LogP contribution in [0.2, 0.25) is 4.34 Å². The smallest absolute Gasteiger partial charge is 0.253 e. The summed E-state index contributed by atoms with van der Waals surface area (Å²) < 4.78 is 29.3. The van der Waals surface area contributed by atoms with Crippen LogP contribution in [0.1, 0.15) is 19.2 Å². The lowest BCUT2D eigenvalue weighted by Crippen LogP contribution is -3.13. The number of aryl methyl sites for hydroxylation is 1. The molecule has 0 aromatic carbocycles. The van der Waals surface area contributed by atoms with Crippen molar-refractivity contribution >= 4 is 33.0 Å². The van der Waals surface area contributed by atoms with E-state index in [4.69, 9.17) is 11.6 Å². The number of hydrogen-bond donors (Lipinski definition) is 1. The molecule has 1 aliphatic heterocycles. The van der Waals surface area contributed by atoms with Crippen LogP contribution in [0.3, 0.4) is 0 Å². The van der Waals surface area contributed by atoms with Gasteiger partial charge in [-0.2, -0.15) is 4.31 Å². The van der Waals surface area contributed by atoms with E-state index < -0.39 is 10.0 Å². The van der Waals surface area contributed by atoms with Crippen molar-refractivity contribution in [3.05, 3.63) is 22.3 Å². The zero-order chi connectivity index (χ0) is 17.2. The minimum atomic E-state index is -3.43. The highest BCUT2D eigenvalue weighted by Gasteiger charge is 2.32. The second-order valence-corrected chi connectivity index (χ2v) is 9.59. The number of nitrogens with zero attached hydrogens (tertiary/aromatic N) is 5. The van der Waals surface area contributed by atoms with Gasteiger partial charge in [-0.3, -0.25) is 0 Å². The van der Waals surface area contributed by atoms with Crippen LogP contribution in [0.15, 0.2) is 16.3 Å². The van der Waals surface area contributed by atoms with Crippen molar-refractivity contribution in [2.75, 3.05) is 26.2 Å². The number of rotatable bonds is 6. The van der Waals surface area contributed by atoms with Gasteiger partial charge < -0.3 is 4.90 Å². The van der Waals surface area contributed by atoms with E-state index in [0.29, 0.717) is 28.2 Å². The highest BCUT2D eigenvalue weighted by molar-refractivity contribution is 7.91. The first kappa shape index (κ1) is 17.7. The van der Waals surface area contributed by atoms with Crippen LogP contribution in [0.4, 0.5) is 0 Å². The highest BCUT2D eigenvalue weighted by Crippen LogP contribution is 2.27. The monoisotopic (exact) mass is 391 g/mol. The zero-order valence-electron chi connectivity index (χ0n) is 13.4. The van der Waals surface area contributed by atoms with Crippen LogP contribution in [0, 0.1) is 0 Å². The Hall–Kier alpha value is -1.07. The molecule has 2 aromatic rings. The van der Waals surface area contributed by atoms with Gasteiger partial charge in [0.25, 0.3) is 10.0 Å². The first-order valence-corrected chi connectivity index (χ1v) is 10.5. The van der Waals surface area contributed by atoms with Crippen LogP contribution in [-0.4, -0.2) is 59.1 Å². The fraction of sp³-hybridized carbons (Fsp3) is 0.615. The molecule has 3 rings (SSSR count).